The number of hydrogen-bond donors (Lipinski definition) is 0. The normalized spacial score (nSPS) is 10.6. The first-order valence-corrected chi connectivity index (χ1v) is 12.1. The third kappa shape index (κ3) is 6.65. The molecular weight excluding hydrogens is 416 g/mol. The zero-order valence-corrected chi connectivity index (χ0v) is 18.3. The summed E-state index contributed by atoms with van der Waals surface area (Å²) in [6, 6.07) is 15.5. The van der Waals surface area contributed by atoms with Gasteiger partial charge in [0.15, 0.2) is 11.5 Å². The zero-order chi connectivity index (χ0) is 17.7. The van der Waals surface area contributed by atoms with Crippen LogP contribution < -0.4 is 17.0 Å². The van der Waals surface area contributed by atoms with E-state index >= 15 is 0 Å². The highest BCUT2D eigenvalue weighted by Crippen LogP contribution is 2.21. The van der Waals surface area contributed by atoms with E-state index in [0.29, 0.717) is 11.5 Å². The first-order chi connectivity index (χ1) is 11.4. The number of Topliss-reactive ketones (excluding diaryl/α,β-unsaturated/α-hetero) is 2. The first-order valence-electron chi connectivity index (χ1n) is 7.72. The van der Waals surface area contributed by atoms with Crippen LogP contribution in [0.3, 0.4) is 0 Å². The average Bonchev–Trinajstić information content (AvgIpc) is 2.54. The molecule has 0 spiro atoms. The molecule has 0 fully saturated rings. The van der Waals surface area contributed by atoms with Crippen molar-refractivity contribution in [1.82, 2.24) is 0 Å². The van der Waals surface area contributed by atoms with E-state index in [1.54, 1.807) is 0 Å². The lowest BCUT2D eigenvalue weighted by Crippen LogP contribution is -3.00. The molecule has 2 aromatic rings. The molecule has 0 saturated heterocycles. The van der Waals surface area contributed by atoms with Gasteiger partial charge in [-0.2, -0.15) is 0 Å². The number of carbonyl (C=O) groups excluding carboxylic acids is 2. The van der Waals surface area contributed by atoms with Gasteiger partial charge in [0.1, 0.15) is 0 Å². The summed E-state index contributed by atoms with van der Waals surface area (Å²) in [7, 11) is 0.240. The van der Waals surface area contributed by atoms with Crippen LogP contribution in [0.2, 0.25) is 0 Å². The quantitative estimate of drug-likeness (QED) is 0.464. The van der Waals surface area contributed by atoms with Crippen molar-refractivity contribution in [3.8, 4) is 11.1 Å². The van der Waals surface area contributed by atoms with Gasteiger partial charge in [-0.15, -0.1) is 0 Å². The Labute approximate surface area is 166 Å². The van der Waals surface area contributed by atoms with E-state index in [2.05, 4.69) is 25.0 Å². The molecule has 0 N–H and O–H groups in total. The first kappa shape index (κ1) is 22.0. The maximum Gasteiger partial charge on any atom is 0.211 e. The molecule has 5 heteroatoms. The molecular formula is C20H24BrO2S2+. The van der Waals surface area contributed by atoms with Crippen LogP contribution in [0, 0.1) is 0 Å². The second-order valence-electron chi connectivity index (χ2n) is 6.26. The summed E-state index contributed by atoms with van der Waals surface area (Å²) in [5, 5.41) is 0. The second-order valence-corrected chi connectivity index (χ2v) is 10.8. The Bertz CT molecular complexity index is 644. The number of ketones is 2. The van der Waals surface area contributed by atoms with Gasteiger partial charge in [-0.1, -0.05) is 48.5 Å². The summed E-state index contributed by atoms with van der Waals surface area (Å²) in [6.07, 6.45) is 8.31. The Morgan fingerprint density at radius 1 is 0.640 bits per heavy atom. The fourth-order valence-electron chi connectivity index (χ4n) is 2.39. The molecule has 0 aromatic heterocycles. The van der Waals surface area contributed by atoms with Crippen molar-refractivity contribution in [2.45, 2.75) is 0 Å². The molecule has 0 radical (unpaired) electrons. The van der Waals surface area contributed by atoms with Gasteiger partial charge in [-0.3, -0.25) is 9.59 Å². The van der Waals surface area contributed by atoms with E-state index in [0.717, 1.165) is 22.3 Å². The lowest BCUT2D eigenvalue weighted by atomic mass is 10.0. The fourth-order valence-corrected chi connectivity index (χ4v) is 3.77. The molecule has 134 valence electrons. The van der Waals surface area contributed by atoms with Crippen LogP contribution in [-0.2, 0) is 21.8 Å². The van der Waals surface area contributed by atoms with E-state index in [-0.39, 0.29) is 50.3 Å². The number of hydrogen-bond acceptors (Lipinski definition) is 2. The van der Waals surface area contributed by atoms with Gasteiger partial charge in [-0.25, -0.2) is 0 Å². The minimum atomic E-state index is 0. The maximum absolute atomic E-state index is 12.1. The summed E-state index contributed by atoms with van der Waals surface area (Å²) < 4.78 is 0. The van der Waals surface area contributed by atoms with Crippen LogP contribution in [0.25, 0.3) is 11.1 Å². The van der Waals surface area contributed by atoms with Crippen LogP contribution in [-0.4, -0.2) is 48.1 Å². The Morgan fingerprint density at radius 2 is 0.920 bits per heavy atom. The number of benzene rings is 2. The average molecular weight is 440 g/mol. The molecule has 2 aromatic carbocycles. The van der Waals surface area contributed by atoms with Gasteiger partial charge in [-0.05, 0) is 32.9 Å². The van der Waals surface area contributed by atoms with Crippen molar-refractivity contribution >= 4 is 33.4 Å². The monoisotopic (exact) mass is 439 g/mol. The second kappa shape index (κ2) is 10.2. The highest BCUT2D eigenvalue weighted by molar-refractivity contribution is 7.96. The maximum atomic E-state index is 12.1. The molecule has 2 rings (SSSR count). The molecule has 25 heavy (non-hydrogen) atoms. The number of carbonyl (C=O) groups is 2. The van der Waals surface area contributed by atoms with Gasteiger partial charge in [0.2, 0.25) is 11.6 Å². The Morgan fingerprint density at radius 3 is 1.16 bits per heavy atom. The van der Waals surface area contributed by atoms with Crippen LogP contribution in [0.5, 0.6) is 0 Å². The van der Waals surface area contributed by atoms with Gasteiger partial charge < -0.3 is 17.0 Å². The van der Waals surface area contributed by atoms with Gasteiger partial charge in [0.25, 0.3) is 0 Å². The molecule has 0 unspecified atom stereocenters. The van der Waals surface area contributed by atoms with E-state index < -0.39 is 0 Å². The smallest absolute Gasteiger partial charge is 0.211 e. The molecule has 2 nitrogen and oxygen atoms in total. The molecule has 0 amide bonds. The van der Waals surface area contributed by atoms with E-state index in [4.69, 9.17) is 0 Å². The molecule has 0 atom stereocenters. The third-order valence-corrected chi connectivity index (χ3v) is 5.27. The number of halogens is 1. The molecule has 0 saturated carbocycles. The minimum absolute atomic E-state index is 0. The lowest BCUT2D eigenvalue weighted by Gasteiger charge is -2.05. The van der Waals surface area contributed by atoms with Crippen molar-refractivity contribution in [2.75, 3.05) is 36.5 Å². The molecule has 0 bridgehead atoms. The topological polar surface area (TPSA) is 34.1 Å². The summed E-state index contributed by atoms with van der Waals surface area (Å²) >= 11 is 0. The predicted octanol–water partition coefficient (Wildman–Crippen LogP) is 0.479. The molecule has 0 heterocycles. The number of rotatable bonds is 7. The Balaban J connectivity index is 0.00000312. The molecule has 0 aliphatic heterocycles. The predicted molar refractivity (Wildman–Crippen MR) is 109 cm³/mol. The third-order valence-electron chi connectivity index (χ3n) is 3.59. The van der Waals surface area contributed by atoms with Crippen LogP contribution in [0.15, 0.2) is 48.5 Å². The van der Waals surface area contributed by atoms with Crippen LogP contribution in [0.1, 0.15) is 20.7 Å². The zero-order valence-electron chi connectivity index (χ0n) is 15.0. The SMILES string of the molecule is C[S+](C)CC(=O)c1ccc(-c2ccc(C(=O)C[S+](C)C)cc2)cc1.[Br-]. The van der Waals surface area contributed by atoms with E-state index in [1.807, 2.05) is 48.5 Å². The molecule has 0 aliphatic rings. The van der Waals surface area contributed by atoms with E-state index in [9.17, 15) is 9.59 Å². The molecule has 0 aliphatic carbocycles. The summed E-state index contributed by atoms with van der Waals surface area (Å²) in [4.78, 5) is 24.2. The van der Waals surface area contributed by atoms with Crippen molar-refractivity contribution in [1.29, 1.82) is 0 Å². The highest BCUT2D eigenvalue weighted by atomic mass is 79.9. The minimum Gasteiger partial charge on any atom is -1.00 e. The summed E-state index contributed by atoms with van der Waals surface area (Å²) in [5.74, 6) is 1.61. The van der Waals surface area contributed by atoms with Crippen molar-refractivity contribution in [3.63, 3.8) is 0 Å². The van der Waals surface area contributed by atoms with Crippen LogP contribution >= 0.6 is 0 Å². The largest absolute Gasteiger partial charge is 1.00 e. The van der Waals surface area contributed by atoms with E-state index in [1.165, 1.54) is 0 Å². The standard InChI is InChI=1S/C20H24O2S2.BrH/c1-23(2)13-19(21)17-9-5-15(6-10-17)16-7-11-18(12-8-16)20(22)14-24(3)4;/h5-12H,13-14H2,1-4H3;1H/q+2;/p-1. The van der Waals surface area contributed by atoms with Crippen molar-refractivity contribution < 1.29 is 26.6 Å². The van der Waals surface area contributed by atoms with Gasteiger partial charge in [0, 0.05) is 11.1 Å². The van der Waals surface area contributed by atoms with Gasteiger partial charge in [0.05, 0.1) is 25.0 Å². The Kier molecular flexibility index (Phi) is 8.97. The fraction of sp³-hybridized carbons (Fsp3) is 0.300. The highest BCUT2D eigenvalue weighted by Gasteiger charge is 2.15. The van der Waals surface area contributed by atoms with Crippen molar-refractivity contribution in [2.24, 2.45) is 0 Å². The lowest BCUT2D eigenvalue weighted by molar-refractivity contribution is -0.0000206. The Hall–Kier alpha value is -1.04. The summed E-state index contributed by atoms with van der Waals surface area (Å²) in [6.45, 7) is 0. The van der Waals surface area contributed by atoms with Gasteiger partial charge >= 0.3 is 0 Å². The van der Waals surface area contributed by atoms with Crippen molar-refractivity contribution in [3.05, 3.63) is 59.7 Å². The van der Waals surface area contributed by atoms with Crippen LogP contribution in [0.4, 0.5) is 0 Å². The summed E-state index contributed by atoms with van der Waals surface area (Å²) in [5.41, 5.74) is 3.65.